The number of nitrogens with zero attached hydrogens (tertiary/aromatic N) is 4. The molecule has 0 N–H and O–H groups in total. The third-order valence-corrected chi connectivity index (χ3v) is 6.56. The first kappa shape index (κ1) is 25.3. The van der Waals surface area contributed by atoms with Crippen molar-refractivity contribution in [2.75, 3.05) is 25.7 Å². The van der Waals surface area contributed by atoms with E-state index < -0.39 is 39.0 Å². The van der Waals surface area contributed by atoms with Crippen molar-refractivity contribution < 1.29 is 26.7 Å². The Morgan fingerprint density at radius 2 is 1.83 bits per heavy atom. The van der Waals surface area contributed by atoms with Crippen LogP contribution in [0.15, 0.2) is 47.4 Å². The van der Waals surface area contributed by atoms with E-state index in [4.69, 9.17) is 9.47 Å². The Kier molecular flexibility index (Phi) is 6.81. The Hall–Kier alpha value is -3.80. The summed E-state index contributed by atoms with van der Waals surface area (Å²) in [5, 5.41) is 0. The second kappa shape index (κ2) is 9.69. The zero-order chi connectivity index (χ0) is 26.2. The molecule has 0 saturated carbocycles. The minimum Gasteiger partial charge on any atom is -0.491 e. The molecule has 0 bridgehead atoms. The van der Waals surface area contributed by atoms with Crippen molar-refractivity contribution in [2.24, 2.45) is 7.05 Å². The maximum atomic E-state index is 14.4. The molecule has 0 aliphatic rings. The summed E-state index contributed by atoms with van der Waals surface area (Å²) < 4.78 is 66.8. The van der Waals surface area contributed by atoms with Gasteiger partial charge in [-0.2, -0.15) is 0 Å². The van der Waals surface area contributed by atoms with Gasteiger partial charge in [0.25, 0.3) is 5.88 Å². The molecule has 1 aromatic carbocycles. The fourth-order valence-electron chi connectivity index (χ4n) is 4.03. The van der Waals surface area contributed by atoms with Gasteiger partial charge >= 0.3 is 5.69 Å². The summed E-state index contributed by atoms with van der Waals surface area (Å²) in [6.45, 7) is 2.05. The SMILES string of the molecule is CCOc1nc(C(CS(C)(=O)=O)n2c(=O)n(C)c3cc(-c4c(F)cccc4F)cnc32)ccc1OC. The highest BCUT2D eigenvalue weighted by atomic mass is 32.2. The third-order valence-electron chi connectivity index (χ3n) is 5.64. The van der Waals surface area contributed by atoms with Gasteiger partial charge < -0.3 is 9.47 Å². The average molecular weight is 519 g/mol. The number of sulfone groups is 1. The fraction of sp³-hybridized carbons (Fsp3) is 0.292. The van der Waals surface area contributed by atoms with Crippen molar-refractivity contribution in [1.82, 2.24) is 19.1 Å². The Balaban J connectivity index is 1.95. The first-order valence-corrected chi connectivity index (χ1v) is 13.0. The standard InChI is InChI=1S/C24H24F2N4O5S/c1-5-35-23-20(34-3)10-9-17(28-23)19(13-36(4,32)33)30-22-18(29(2)24(30)31)11-14(12-27-22)21-15(25)7-6-8-16(21)26/h6-12,19H,5,13H2,1-4H3. The number of pyridine rings is 2. The molecule has 1 atom stereocenters. The van der Waals surface area contributed by atoms with Crippen LogP contribution in [0.3, 0.4) is 0 Å². The van der Waals surface area contributed by atoms with Crippen LogP contribution in [-0.4, -0.2) is 53.2 Å². The summed E-state index contributed by atoms with van der Waals surface area (Å²) in [5.41, 5.74) is -0.0905. The summed E-state index contributed by atoms with van der Waals surface area (Å²) in [5.74, 6) is -1.52. The number of rotatable bonds is 8. The van der Waals surface area contributed by atoms with Gasteiger partial charge in [0, 0.05) is 25.1 Å². The number of hydrogen-bond donors (Lipinski definition) is 0. The molecule has 190 valence electrons. The van der Waals surface area contributed by atoms with Crippen LogP contribution in [0, 0.1) is 11.6 Å². The number of methoxy groups -OCH3 is 1. The Morgan fingerprint density at radius 3 is 2.44 bits per heavy atom. The number of hydrogen-bond acceptors (Lipinski definition) is 7. The van der Waals surface area contributed by atoms with E-state index in [9.17, 15) is 22.0 Å². The highest BCUT2D eigenvalue weighted by molar-refractivity contribution is 7.90. The monoisotopic (exact) mass is 518 g/mol. The molecule has 0 spiro atoms. The van der Waals surface area contributed by atoms with Crippen LogP contribution in [0.25, 0.3) is 22.3 Å². The third kappa shape index (κ3) is 4.68. The fourth-order valence-corrected chi connectivity index (χ4v) is 4.92. The van der Waals surface area contributed by atoms with Crippen molar-refractivity contribution in [1.29, 1.82) is 0 Å². The molecule has 0 fully saturated rings. The van der Waals surface area contributed by atoms with Gasteiger partial charge in [0.1, 0.15) is 21.5 Å². The molecule has 0 saturated heterocycles. The summed E-state index contributed by atoms with van der Waals surface area (Å²) in [6, 6.07) is 6.99. The Morgan fingerprint density at radius 1 is 1.14 bits per heavy atom. The lowest BCUT2D eigenvalue weighted by Gasteiger charge is -2.19. The minimum atomic E-state index is -3.61. The maximum absolute atomic E-state index is 14.4. The zero-order valence-corrected chi connectivity index (χ0v) is 20.8. The van der Waals surface area contributed by atoms with Crippen molar-refractivity contribution in [3.63, 3.8) is 0 Å². The second-order valence-electron chi connectivity index (χ2n) is 8.16. The van der Waals surface area contributed by atoms with Gasteiger partial charge in [0.05, 0.1) is 42.3 Å². The van der Waals surface area contributed by atoms with E-state index in [0.717, 1.165) is 18.4 Å². The number of fused-ring (bicyclic) bond motifs is 1. The lowest BCUT2D eigenvalue weighted by atomic mass is 10.1. The molecule has 3 aromatic heterocycles. The number of benzene rings is 1. The van der Waals surface area contributed by atoms with Gasteiger partial charge in [-0.15, -0.1) is 0 Å². The molecular formula is C24H24F2N4O5S. The molecule has 4 aromatic rings. The van der Waals surface area contributed by atoms with E-state index in [1.165, 1.54) is 41.6 Å². The maximum Gasteiger partial charge on any atom is 0.330 e. The lowest BCUT2D eigenvalue weighted by molar-refractivity contribution is 0.296. The van der Waals surface area contributed by atoms with Gasteiger partial charge in [-0.25, -0.2) is 32.0 Å². The normalized spacial score (nSPS) is 12.6. The molecule has 0 radical (unpaired) electrons. The number of halogens is 2. The van der Waals surface area contributed by atoms with Crippen LogP contribution in [0.2, 0.25) is 0 Å². The van der Waals surface area contributed by atoms with E-state index in [1.807, 2.05) is 0 Å². The van der Waals surface area contributed by atoms with E-state index in [2.05, 4.69) is 9.97 Å². The van der Waals surface area contributed by atoms with Crippen molar-refractivity contribution >= 4 is 21.0 Å². The number of aromatic nitrogens is 4. The van der Waals surface area contributed by atoms with Crippen LogP contribution < -0.4 is 15.2 Å². The van der Waals surface area contributed by atoms with E-state index in [1.54, 1.807) is 19.1 Å². The average Bonchev–Trinajstić information content (AvgIpc) is 3.07. The first-order valence-electron chi connectivity index (χ1n) is 10.9. The number of ether oxygens (including phenoxy) is 2. The molecule has 0 aliphatic carbocycles. The molecule has 36 heavy (non-hydrogen) atoms. The van der Waals surface area contributed by atoms with Crippen molar-refractivity contribution in [2.45, 2.75) is 13.0 Å². The summed E-state index contributed by atoms with van der Waals surface area (Å²) >= 11 is 0. The highest BCUT2D eigenvalue weighted by Crippen LogP contribution is 2.31. The van der Waals surface area contributed by atoms with E-state index in [-0.39, 0.29) is 40.5 Å². The predicted octanol–water partition coefficient (Wildman–Crippen LogP) is 3.12. The summed E-state index contributed by atoms with van der Waals surface area (Å²) in [6.07, 6.45) is 2.29. The molecule has 0 aliphatic heterocycles. The predicted molar refractivity (Wildman–Crippen MR) is 130 cm³/mol. The Bertz CT molecular complexity index is 1590. The molecule has 4 rings (SSSR count). The molecule has 0 amide bonds. The summed E-state index contributed by atoms with van der Waals surface area (Å²) in [7, 11) is -0.693. The first-order chi connectivity index (χ1) is 17.1. The van der Waals surface area contributed by atoms with Crippen LogP contribution in [-0.2, 0) is 16.9 Å². The Labute approximate surface area is 205 Å². The minimum absolute atomic E-state index is 0.131. The van der Waals surface area contributed by atoms with Crippen LogP contribution >= 0.6 is 0 Å². The van der Waals surface area contributed by atoms with Gasteiger partial charge in [-0.1, -0.05) is 6.07 Å². The quantitative estimate of drug-likeness (QED) is 0.353. The van der Waals surface area contributed by atoms with Gasteiger partial charge in [-0.05, 0) is 37.3 Å². The van der Waals surface area contributed by atoms with Gasteiger partial charge in [0.15, 0.2) is 11.4 Å². The van der Waals surface area contributed by atoms with Gasteiger partial charge in [-0.3, -0.25) is 9.13 Å². The van der Waals surface area contributed by atoms with Crippen LogP contribution in [0.1, 0.15) is 18.7 Å². The van der Waals surface area contributed by atoms with Crippen molar-refractivity contribution in [3.05, 3.63) is 70.4 Å². The molecular weight excluding hydrogens is 494 g/mol. The van der Waals surface area contributed by atoms with Crippen LogP contribution in [0.5, 0.6) is 11.6 Å². The molecule has 1 unspecified atom stereocenters. The topological polar surface area (TPSA) is 105 Å². The number of aryl methyl sites for hydroxylation is 1. The number of imidazole rings is 1. The van der Waals surface area contributed by atoms with Gasteiger partial charge in [0.2, 0.25) is 0 Å². The largest absolute Gasteiger partial charge is 0.491 e. The zero-order valence-electron chi connectivity index (χ0n) is 20.0. The smallest absolute Gasteiger partial charge is 0.330 e. The van der Waals surface area contributed by atoms with E-state index in [0.29, 0.717) is 5.75 Å². The second-order valence-corrected chi connectivity index (χ2v) is 10.3. The lowest BCUT2D eigenvalue weighted by Crippen LogP contribution is -2.31. The molecule has 9 nitrogen and oxygen atoms in total. The van der Waals surface area contributed by atoms with E-state index >= 15 is 0 Å². The molecule has 12 heteroatoms. The molecule has 3 heterocycles. The highest BCUT2D eigenvalue weighted by Gasteiger charge is 2.28. The van der Waals surface area contributed by atoms with Crippen molar-refractivity contribution in [3.8, 4) is 22.8 Å². The summed E-state index contributed by atoms with van der Waals surface area (Å²) in [4.78, 5) is 22.1. The van der Waals surface area contributed by atoms with Crippen LogP contribution in [0.4, 0.5) is 8.78 Å².